The number of allylic oxidation sites excluding steroid dienone is 6. The zero-order chi connectivity index (χ0) is 18.3. The molecule has 0 spiro atoms. The van der Waals surface area contributed by atoms with E-state index in [1.807, 2.05) is 51.1 Å². The quantitative estimate of drug-likeness (QED) is 0.545. The lowest BCUT2D eigenvalue weighted by atomic mass is 10.0. The first-order valence-electron chi connectivity index (χ1n) is 7.54. The fraction of sp³-hybridized carbons (Fsp3) is 0.250. The van der Waals surface area contributed by atoms with Crippen LogP contribution in [0.5, 0.6) is 5.75 Å². The Kier molecular flexibility index (Phi) is 7.53. The molecule has 0 unspecified atom stereocenters. The Labute approximate surface area is 148 Å². The van der Waals surface area contributed by atoms with Crippen molar-refractivity contribution in [2.45, 2.75) is 27.7 Å². The molecule has 0 bridgehead atoms. The molecular weight excluding hydrogens is 324 g/mol. The number of hydrogen-bond donors (Lipinski definition) is 1. The first kappa shape index (κ1) is 19.8. The molecule has 0 amide bonds. The number of carboxylic acids is 1. The molecule has 0 radical (unpaired) electrons. The third kappa shape index (κ3) is 5.74. The molecule has 3 nitrogen and oxygen atoms in total. The van der Waals surface area contributed by atoms with E-state index in [1.165, 1.54) is 6.08 Å². The van der Waals surface area contributed by atoms with E-state index < -0.39 is 5.97 Å². The molecule has 0 saturated carbocycles. The van der Waals surface area contributed by atoms with Gasteiger partial charge in [-0.1, -0.05) is 47.6 Å². The second-order valence-corrected chi connectivity index (χ2v) is 5.96. The minimum atomic E-state index is -0.947. The van der Waals surface area contributed by atoms with Crippen molar-refractivity contribution in [2.75, 3.05) is 7.11 Å². The van der Waals surface area contributed by atoms with Gasteiger partial charge in [0.1, 0.15) is 5.75 Å². The number of aliphatic carboxylic acids is 1. The van der Waals surface area contributed by atoms with Crippen molar-refractivity contribution in [1.82, 2.24) is 0 Å². The summed E-state index contributed by atoms with van der Waals surface area (Å²) in [5.41, 5.74) is 4.63. The van der Waals surface area contributed by atoms with Gasteiger partial charge in [0.2, 0.25) is 0 Å². The second-order valence-electron chi connectivity index (χ2n) is 5.58. The first-order valence-corrected chi connectivity index (χ1v) is 7.92. The Morgan fingerprint density at radius 2 is 1.88 bits per heavy atom. The number of methoxy groups -OCH3 is 1. The number of aryl methyl sites for hydroxylation is 1. The fourth-order valence-corrected chi connectivity index (χ4v) is 2.45. The maximum atomic E-state index is 10.5. The molecule has 1 N–H and O–H groups in total. The number of carboxylic acid groups (broad SMARTS) is 1. The summed E-state index contributed by atoms with van der Waals surface area (Å²) in [6.07, 6.45) is 10.6. The van der Waals surface area contributed by atoms with Gasteiger partial charge >= 0.3 is 5.97 Å². The third-order valence-corrected chi connectivity index (χ3v) is 4.00. The summed E-state index contributed by atoms with van der Waals surface area (Å²) < 4.78 is 5.31. The van der Waals surface area contributed by atoms with Crippen LogP contribution in [-0.4, -0.2) is 18.2 Å². The molecule has 0 atom stereocenters. The van der Waals surface area contributed by atoms with Gasteiger partial charge in [0.15, 0.2) is 0 Å². The SMILES string of the molecule is COc1cc(C)c(/C=C/C(C)=C/C=C/C(C)=C/C(=O)O)c(Cl)c1C. The molecule has 0 aromatic heterocycles. The predicted molar refractivity (Wildman–Crippen MR) is 101 cm³/mol. The Balaban J connectivity index is 2.97. The molecule has 0 heterocycles. The molecule has 0 aliphatic heterocycles. The Morgan fingerprint density at radius 3 is 2.46 bits per heavy atom. The minimum Gasteiger partial charge on any atom is -0.496 e. The van der Waals surface area contributed by atoms with Gasteiger partial charge < -0.3 is 9.84 Å². The molecule has 0 fully saturated rings. The van der Waals surface area contributed by atoms with Crippen molar-refractivity contribution in [3.63, 3.8) is 0 Å². The minimum absolute atomic E-state index is 0.681. The van der Waals surface area contributed by atoms with Crippen molar-refractivity contribution in [1.29, 1.82) is 0 Å². The predicted octanol–water partition coefficient (Wildman–Crippen LogP) is 5.51. The van der Waals surface area contributed by atoms with Crippen LogP contribution in [0.3, 0.4) is 0 Å². The average Bonchev–Trinajstić information content (AvgIpc) is 2.50. The molecule has 0 saturated heterocycles. The highest BCUT2D eigenvalue weighted by molar-refractivity contribution is 6.33. The van der Waals surface area contributed by atoms with E-state index in [9.17, 15) is 4.79 Å². The van der Waals surface area contributed by atoms with Gasteiger partial charge in [0.25, 0.3) is 0 Å². The maximum Gasteiger partial charge on any atom is 0.328 e. The summed E-state index contributed by atoms with van der Waals surface area (Å²) in [6.45, 7) is 7.64. The summed E-state index contributed by atoms with van der Waals surface area (Å²) >= 11 is 6.43. The molecule has 24 heavy (non-hydrogen) atoms. The smallest absolute Gasteiger partial charge is 0.328 e. The lowest BCUT2D eigenvalue weighted by Gasteiger charge is -2.12. The fourth-order valence-electron chi connectivity index (χ4n) is 2.15. The van der Waals surface area contributed by atoms with Gasteiger partial charge in [-0.2, -0.15) is 0 Å². The normalized spacial score (nSPS) is 13.1. The summed E-state index contributed by atoms with van der Waals surface area (Å²) in [5, 5.41) is 9.34. The van der Waals surface area contributed by atoms with Crippen LogP contribution in [0, 0.1) is 13.8 Å². The maximum absolute atomic E-state index is 10.5. The van der Waals surface area contributed by atoms with Crippen LogP contribution in [0.2, 0.25) is 5.02 Å². The van der Waals surface area contributed by atoms with Crippen molar-refractivity contribution in [3.8, 4) is 5.75 Å². The van der Waals surface area contributed by atoms with Gasteiger partial charge in [0, 0.05) is 11.6 Å². The Bertz CT molecular complexity index is 738. The zero-order valence-corrected chi connectivity index (χ0v) is 15.4. The van der Waals surface area contributed by atoms with Crippen molar-refractivity contribution in [3.05, 3.63) is 69.3 Å². The van der Waals surface area contributed by atoms with Gasteiger partial charge in [-0.3, -0.25) is 0 Å². The standard InChI is InChI=1S/C20H23ClO3/c1-13(7-6-8-14(2)11-19(22)23)9-10-17-15(3)12-18(24-5)16(4)20(17)21/h6-12H,1-5H3,(H,22,23)/b8-6+,10-9+,13-7+,14-11+. The van der Waals surface area contributed by atoms with E-state index in [4.69, 9.17) is 21.4 Å². The molecule has 1 aromatic rings. The molecule has 4 heteroatoms. The Hall–Kier alpha value is -2.26. The first-order chi connectivity index (χ1) is 11.3. The van der Waals surface area contributed by atoms with Crippen LogP contribution in [0.25, 0.3) is 6.08 Å². The highest BCUT2D eigenvalue weighted by Gasteiger charge is 2.10. The number of rotatable bonds is 6. The van der Waals surface area contributed by atoms with Crippen molar-refractivity contribution < 1.29 is 14.6 Å². The zero-order valence-electron chi connectivity index (χ0n) is 14.7. The van der Waals surface area contributed by atoms with Gasteiger partial charge in [0.05, 0.1) is 12.1 Å². The van der Waals surface area contributed by atoms with E-state index in [2.05, 4.69) is 0 Å². The van der Waals surface area contributed by atoms with Crippen LogP contribution in [0.15, 0.2) is 47.6 Å². The van der Waals surface area contributed by atoms with E-state index in [1.54, 1.807) is 20.1 Å². The highest BCUT2D eigenvalue weighted by Crippen LogP contribution is 2.32. The van der Waals surface area contributed by atoms with Crippen LogP contribution < -0.4 is 4.74 Å². The molecule has 1 aromatic carbocycles. The number of halogens is 1. The van der Waals surface area contributed by atoms with Crippen molar-refractivity contribution >= 4 is 23.6 Å². The molecule has 128 valence electrons. The van der Waals surface area contributed by atoms with Crippen LogP contribution in [-0.2, 0) is 4.79 Å². The van der Waals surface area contributed by atoms with Crippen LogP contribution in [0.1, 0.15) is 30.5 Å². The summed E-state index contributed by atoms with van der Waals surface area (Å²) in [5.74, 6) is -0.164. The second kappa shape index (κ2) is 9.14. The van der Waals surface area contributed by atoms with E-state index in [0.717, 1.165) is 28.0 Å². The van der Waals surface area contributed by atoms with Gasteiger partial charge in [-0.05, 0) is 50.5 Å². The monoisotopic (exact) mass is 346 g/mol. The van der Waals surface area contributed by atoms with E-state index in [0.29, 0.717) is 10.6 Å². The lowest BCUT2D eigenvalue weighted by Crippen LogP contribution is -1.93. The third-order valence-electron chi connectivity index (χ3n) is 3.51. The Morgan fingerprint density at radius 1 is 1.21 bits per heavy atom. The number of ether oxygens (including phenoxy) is 1. The number of carbonyl (C=O) groups is 1. The van der Waals surface area contributed by atoms with Gasteiger partial charge in [-0.15, -0.1) is 0 Å². The van der Waals surface area contributed by atoms with Gasteiger partial charge in [-0.25, -0.2) is 4.79 Å². The number of benzene rings is 1. The van der Waals surface area contributed by atoms with E-state index in [-0.39, 0.29) is 0 Å². The number of hydrogen-bond acceptors (Lipinski definition) is 2. The van der Waals surface area contributed by atoms with Crippen molar-refractivity contribution in [2.24, 2.45) is 0 Å². The molecule has 0 aliphatic carbocycles. The highest BCUT2D eigenvalue weighted by atomic mass is 35.5. The topological polar surface area (TPSA) is 46.5 Å². The van der Waals surface area contributed by atoms with Crippen LogP contribution in [0.4, 0.5) is 0 Å². The summed E-state index contributed by atoms with van der Waals surface area (Å²) in [6, 6.07) is 1.97. The van der Waals surface area contributed by atoms with Crippen LogP contribution >= 0.6 is 11.6 Å². The van der Waals surface area contributed by atoms with E-state index >= 15 is 0 Å². The summed E-state index contributed by atoms with van der Waals surface area (Å²) in [4.78, 5) is 10.5. The lowest BCUT2D eigenvalue weighted by molar-refractivity contribution is -0.131. The largest absolute Gasteiger partial charge is 0.496 e. The average molecular weight is 347 g/mol. The molecular formula is C20H23ClO3. The summed E-state index contributed by atoms with van der Waals surface area (Å²) in [7, 11) is 1.63. The molecule has 0 aliphatic rings. The molecule has 1 rings (SSSR count).